The molecule has 1 fully saturated rings. The Morgan fingerprint density at radius 3 is 2.81 bits per heavy atom. The van der Waals surface area contributed by atoms with Crippen LogP contribution in [-0.4, -0.2) is 39.3 Å². The van der Waals surface area contributed by atoms with E-state index in [-0.39, 0.29) is 17.4 Å². The minimum Gasteiger partial charge on any atom is -0.493 e. The Balaban J connectivity index is 1.58. The summed E-state index contributed by atoms with van der Waals surface area (Å²) in [4.78, 5) is 16.8. The van der Waals surface area contributed by atoms with Crippen LogP contribution in [0.2, 0.25) is 0 Å². The highest BCUT2D eigenvalue weighted by atomic mass is 32.2. The van der Waals surface area contributed by atoms with Crippen LogP contribution in [0, 0.1) is 6.92 Å². The number of nitrogens with zero attached hydrogens (tertiary/aromatic N) is 5. The molecule has 1 aliphatic rings. The summed E-state index contributed by atoms with van der Waals surface area (Å²) in [5.41, 5.74) is 1.80. The minimum absolute atomic E-state index is 0.209. The van der Waals surface area contributed by atoms with Crippen LogP contribution in [0.5, 0.6) is 11.5 Å². The van der Waals surface area contributed by atoms with Crippen molar-refractivity contribution in [3.05, 3.63) is 69.9 Å². The summed E-state index contributed by atoms with van der Waals surface area (Å²) < 4.78 is 12.9. The van der Waals surface area contributed by atoms with Crippen molar-refractivity contribution in [2.75, 3.05) is 7.11 Å². The van der Waals surface area contributed by atoms with E-state index in [2.05, 4.69) is 20.3 Å². The van der Waals surface area contributed by atoms with Crippen molar-refractivity contribution in [1.82, 2.24) is 19.9 Å². The summed E-state index contributed by atoms with van der Waals surface area (Å²) >= 11 is 1.38. The van der Waals surface area contributed by atoms with Gasteiger partial charge in [-0.05, 0) is 68.0 Å². The summed E-state index contributed by atoms with van der Waals surface area (Å²) in [7, 11) is 1.63. The van der Waals surface area contributed by atoms with E-state index in [4.69, 9.17) is 9.47 Å². The molecule has 0 amide bonds. The topological polar surface area (TPSA) is 91.5 Å². The fourth-order valence-corrected chi connectivity index (χ4v) is 4.26. The first-order valence-corrected chi connectivity index (χ1v) is 11.5. The molecule has 8 nitrogen and oxygen atoms in total. The number of ether oxygens (including phenoxy) is 2. The molecule has 1 aliphatic carbocycles. The van der Waals surface area contributed by atoms with Crippen LogP contribution in [0.4, 0.5) is 0 Å². The second-order valence-corrected chi connectivity index (χ2v) is 8.46. The summed E-state index contributed by atoms with van der Waals surface area (Å²) in [5.74, 6) is 1.97. The van der Waals surface area contributed by atoms with Crippen molar-refractivity contribution in [2.45, 2.75) is 49.6 Å². The molecule has 1 saturated carbocycles. The summed E-state index contributed by atoms with van der Waals surface area (Å²) in [6.07, 6.45) is 9.81. The first-order chi connectivity index (χ1) is 15.6. The van der Waals surface area contributed by atoms with E-state index >= 15 is 0 Å². The molecule has 0 bridgehead atoms. The Morgan fingerprint density at radius 2 is 2.06 bits per heavy atom. The predicted molar refractivity (Wildman–Crippen MR) is 124 cm³/mol. The van der Waals surface area contributed by atoms with Crippen LogP contribution in [0.1, 0.15) is 42.5 Å². The fraction of sp³-hybridized carbons (Fsp3) is 0.348. The van der Waals surface area contributed by atoms with Crippen LogP contribution in [0.15, 0.2) is 57.8 Å². The van der Waals surface area contributed by atoms with Crippen molar-refractivity contribution >= 4 is 18.0 Å². The number of aryl methyl sites for hydroxylation is 1. The molecule has 2 aromatic heterocycles. The number of benzene rings is 1. The number of pyridine rings is 1. The van der Waals surface area contributed by atoms with Gasteiger partial charge in [0, 0.05) is 18.1 Å². The van der Waals surface area contributed by atoms with Crippen molar-refractivity contribution in [3.63, 3.8) is 0 Å². The normalized spacial score (nSPS) is 14.2. The van der Waals surface area contributed by atoms with Crippen LogP contribution < -0.4 is 15.0 Å². The zero-order valence-corrected chi connectivity index (χ0v) is 18.9. The second-order valence-electron chi connectivity index (χ2n) is 7.51. The highest BCUT2D eigenvalue weighted by Gasteiger charge is 2.18. The van der Waals surface area contributed by atoms with Gasteiger partial charge in [0.1, 0.15) is 5.69 Å². The third kappa shape index (κ3) is 5.34. The number of hydrogen-bond acceptors (Lipinski definition) is 8. The molecule has 2 heterocycles. The van der Waals surface area contributed by atoms with E-state index in [1.807, 2.05) is 30.3 Å². The first-order valence-electron chi connectivity index (χ1n) is 10.5. The van der Waals surface area contributed by atoms with Crippen LogP contribution in [0.3, 0.4) is 0 Å². The average molecular weight is 452 g/mol. The highest BCUT2D eigenvalue weighted by molar-refractivity contribution is 7.98. The van der Waals surface area contributed by atoms with Crippen molar-refractivity contribution in [1.29, 1.82) is 0 Å². The molecule has 4 rings (SSSR count). The summed E-state index contributed by atoms with van der Waals surface area (Å²) in [5, 5.41) is 13.0. The molecule has 0 atom stereocenters. The van der Waals surface area contributed by atoms with Crippen LogP contribution in [-0.2, 0) is 5.75 Å². The van der Waals surface area contributed by atoms with E-state index in [1.54, 1.807) is 32.6 Å². The molecule has 0 spiro atoms. The second kappa shape index (κ2) is 10.4. The van der Waals surface area contributed by atoms with E-state index in [9.17, 15) is 4.79 Å². The van der Waals surface area contributed by atoms with Gasteiger partial charge in [0.05, 0.1) is 19.4 Å². The quantitative estimate of drug-likeness (QED) is 0.379. The molecule has 1 aromatic carbocycles. The maximum Gasteiger partial charge on any atom is 0.296 e. The number of rotatable bonds is 8. The number of methoxy groups -OCH3 is 1. The SMILES string of the molecule is COc1ccc(C=Nn2c(SCc3cccnc3)nnc(C)c2=O)cc1OC1CCCC1. The molecular formula is C23H25N5O3S. The molecule has 0 saturated heterocycles. The van der Waals surface area contributed by atoms with Gasteiger partial charge in [-0.2, -0.15) is 9.78 Å². The number of aromatic nitrogens is 4. The Morgan fingerprint density at radius 1 is 1.22 bits per heavy atom. The van der Waals surface area contributed by atoms with E-state index in [0.29, 0.717) is 22.4 Å². The Labute approximate surface area is 190 Å². The lowest BCUT2D eigenvalue weighted by Gasteiger charge is -2.16. The van der Waals surface area contributed by atoms with Gasteiger partial charge in [0.2, 0.25) is 5.16 Å². The fourth-order valence-electron chi connectivity index (χ4n) is 3.44. The summed E-state index contributed by atoms with van der Waals surface area (Å²) in [6, 6.07) is 9.45. The van der Waals surface area contributed by atoms with Gasteiger partial charge in [-0.3, -0.25) is 9.78 Å². The molecule has 0 radical (unpaired) electrons. The van der Waals surface area contributed by atoms with Gasteiger partial charge in [-0.1, -0.05) is 17.8 Å². The van der Waals surface area contributed by atoms with Gasteiger partial charge in [-0.15, -0.1) is 10.2 Å². The summed E-state index contributed by atoms with van der Waals surface area (Å²) in [6.45, 7) is 1.62. The lowest BCUT2D eigenvalue weighted by atomic mass is 10.2. The molecular weight excluding hydrogens is 426 g/mol. The van der Waals surface area contributed by atoms with Gasteiger partial charge < -0.3 is 9.47 Å². The minimum atomic E-state index is -0.305. The monoisotopic (exact) mass is 451 g/mol. The zero-order valence-electron chi connectivity index (χ0n) is 18.1. The van der Waals surface area contributed by atoms with Crippen molar-refractivity contribution in [3.8, 4) is 11.5 Å². The zero-order chi connectivity index (χ0) is 22.3. The molecule has 32 heavy (non-hydrogen) atoms. The largest absolute Gasteiger partial charge is 0.493 e. The predicted octanol–water partition coefficient (Wildman–Crippen LogP) is 3.85. The number of thioether (sulfide) groups is 1. The third-order valence-corrected chi connectivity index (χ3v) is 6.16. The Kier molecular flexibility index (Phi) is 7.16. The molecule has 0 unspecified atom stereocenters. The van der Waals surface area contributed by atoms with Crippen LogP contribution in [0.25, 0.3) is 0 Å². The molecule has 0 N–H and O–H groups in total. The van der Waals surface area contributed by atoms with Crippen molar-refractivity contribution < 1.29 is 9.47 Å². The third-order valence-electron chi connectivity index (χ3n) is 5.17. The van der Waals surface area contributed by atoms with E-state index in [1.165, 1.54) is 29.3 Å². The molecule has 9 heteroatoms. The maximum atomic E-state index is 12.7. The van der Waals surface area contributed by atoms with Gasteiger partial charge >= 0.3 is 0 Å². The average Bonchev–Trinajstić information content (AvgIpc) is 3.33. The lowest BCUT2D eigenvalue weighted by molar-refractivity contribution is 0.201. The van der Waals surface area contributed by atoms with Crippen LogP contribution >= 0.6 is 11.8 Å². The Bertz CT molecular complexity index is 1140. The Hall–Kier alpha value is -3.20. The maximum absolute atomic E-state index is 12.7. The molecule has 166 valence electrons. The van der Waals surface area contributed by atoms with E-state index in [0.717, 1.165) is 24.0 Å². The lowest BCUT2D eigenvalue weighted by Crippen LogP contribution is -2.23. The van der Waals surface area contributed by atoms with Gasteiger partial charge in [0.15, 0.2) is 11.5 Å². The van der Waals surface area contributed by atoms with Gasteiger partial charge in [-0.25, -0.2) is 0 Å². The number of hydrogen-bond donors (Lipinski definition) is 0. The van der Waals surface area contributed by atoms with Crippen molar-refractivity contribution in [2.24, 2.45) is 5.10 Å². The van der Waals surface area contributed by atoms with Gasteiger partial charge in [0.25, 0.3) is 5.56 Å². The standard InChI is InChI=1S/C23H25N5O3S/c1-16-22(29)28(23(27-26-16)32-15-18-6-5-11-24-13-18)25-14-17-9-10-20(30-2)21(12-17)31-19-7-3-4-8-19/h5-6,9-14,19H,3-4,7-8,15H2,1-2H3. The smallest absolute Gasteiger partial charge is 0.296 e. The molecule has 3 aromatic rings. The molecule has 0 aliphatic heterocycles. The highest BCUT2D eigenvalue weighted by Crippen LogP contribution is 2.32. The van der Waals surface area contributed by atoms with E-state index < -0.39 is 0 Å². The first kappa shape index (κ1) is 22.0.